The highest BCUT2D eigenvalue weighted by Gasteiger charge is 2.37. The molecule has 4 rings (SSSR count). The number of aryl methyl sites for hydroxylation is 1. The molecule has 0 fully saturated rings. The Labute approximate surface area is 213 Å². The molecule has 0 amide bonds. The summed E-state index contributed by atoms with van der Waals surface area (Å²) in [4.78, 5) is 52.4. The molecule has 0 bridgehead atoms. The van der Waals surface area contributed by atoms with Crippen molar-refractivity contribution in [3.63, 3.8) is 0 Å². The van der Waals surface area contributed by atoms with Gasteiger partial charge in [0.25, 0.3) is 0 Å². The van der Waals surface area contributed by atoms with Gasteiger partial charge in [-0.25, -0.2) is 9.59 Å². The molecular formula is C29H28O8. The summed E-state index contributed by atoms with van der Waals surface area (Å²) in [7, 11) is 0. The minimum Gasteiger partial charge on any atom is -0.434 e. The summed E-state index contributed by atoms with van der Waals surface area (Å²) in [5.74, 6) is -1.59. The number of carbonyl (C=O) groups is 4. The van der Waals surface area contributed by atoms with E-state index in [1.807, 2.05) is 34.6 Å². The zero-order valence-electron chi connectivity index (χ0n) is 21.4. The number of hydrogen-bond donors (Lipinski definition) is 0. The normalized spacial score (nSPS) is 14.4. The van der Waals surface area contributed by atoms with Crippen LogP contribution in [0.15, 0.2) is 42.5 Å². The van der Waals surface area contributed by atoms with E-state index in [1.165, 1.54) is 0 Å². The Balaban J connectivity index is 1.94. The third kappa shape index (κ3) is 5.18. The van der Waals surface area contributed by atoms with Gasteiger partial charge in [-0.2, -0.15) is 0 Å². The maximum Gasteiger partial charge on any atom is 0.514 e. The van der Waals surface area contributed by atoms with Crippen molar-refractivity contribution in [3.8, 4) is 0 Å². The van der Waals surface area contributed by atoms with Crippen molar-refractivity contribution in [1.82, 2.24) is 0 Å². The molecule has 0 radical (unpaired) electrons. The van der Waals surface area contributed by atoms with Crippen molar-refractivity contribution in [2.24, 2.45) is 11.8 Å². The number of ether oxygens (including phenoxy) is 4. The maximum atomic E-state index is 13.8. The summed E-state index contributed by atoms with van der Waals surface area (Å²) >= 11 is 0. The largest absolute Gasteiger partial charge is 0.514 e. The van der Waals surface area contributed by atoms with Crippen LogP contribution in [0.25, 0.3) is 22.7 Å². The molecule has 0 aliphatic heterocycles. The van der Waals surface area contributed by atoms with Crippen LogP contribution in [0.4, 0.5) is 9.59 Å². The fraction of sp³-hybridized carbons (Fsp3) is 0.310. The second-order valence-electron chi connectivity index (χ2n) is 9.77. The van der Waals surface area contributed by atoms with Gasteiger partial charge in [0, 0.05) is 21.6 Å². The van der Waals surface area contributed by atoms with Gasteiger partial charge in [-0.3, -0.25) is 9.59 Å². The minimum atomic E-state index is -1.01. The van der Waals surface area contributed by atoms with Crippen molar-refractivity contribution >= 4 is 46.5 Å². The number of benzene rings is 2. The van der Waals surface area contributed by atoms with Crippen molar-refractivity contribution in [2.45, 2.75) is 34.6 Å². The third-order valence-corrected chi connectivity index (χ3v) is 5.69. The molecular weight excluding hydrogens is 476 g/mol. The quantitative estimate of drug-likeness (QED) is 0.550. The number of ketones is 2. The lowest BCUT2D eigenvalue weighted by Crippen LogP contribution is -2.48. The van der Waals surface area contributed by atoms with E-state index in [0.717, 1.165) is 5.56 Å². The first kappa shape index (κ1) is 25.9. The highest BCUT2D eigenvalue weighted by atomic mass is 16.7. The molecule has 2 aromatic carbocycles. The van der Waals surface area contributed by atoms with E-state index in [9.17, 15) is 19.2 Å². The Bertz CT molecular complexity index is 1560. The summed E-state index contributed by atoms with van der Waals surface area (Å²) in [6.07, 6.45) is -2.02. The van der Waals surface area contributed by atoms with Crippen LogP contribution in [0, 0.1) is 18.8 Å². The van der Waals surface area contributed by atoms with Crippen molar-refractivity contribution < 1.29 is 38.1 Å². The van der Waals surface area contributed by atoms with Gasteiger partial charge in [0.2, 0.25) is 11.6 Å². The lowest BCUT2D eigenvalue weighted by atomic mass is 9.83. The molecule has 37 heavy (non-hydrogen) atoms. The Morgan fingerprint density at radius 1 is 0.676 bits per heavy atom. The molecule has 0 saturated carbocycles. The minimum absolute atomic E-state index is 0.0616. The Kier molecular flexibility index (Phi) is 7.29. The molecule has 0 heterocycles. The Hall–Kier alpha value is -4.20. The predicted molar refractivity (Wildman–Crippen MR) is 134 cm³/mol. The van der Waals surface area contributed by atoms with Crippen LogP contribution < -0.4 is 20.9 Å². The fourth-order valence-electron chi connectivity index (χ4n) is 4.07. The van der Waals surface area contributed by atoms with Gasteiger partial charge in [0.1, 0.15) is 0 Å². The number of rotatable bonds is 6. The molecule has 8 heteroatoms. The molecule has 0 unspecified atom stereocenters. The van der Waals surface area contributed by atoms with Crippen LogP contribution >= 0.6 is 0 Å². The molecule has 0 spiro atoms. The van der Waals surface area contributed by atoms with Gasteiger partial charge >= 0.3 is 12.3 Å². The lowest BCUT2D eigenvalue weighted by Gasteiger charge is -2.22. The molecule has 2 aliphatic rings. The van der Waals surface area contributed by atoms with Crippen molar-refractivity contribution in [1.29, 1.82) is 0 Å². The first-order valence-corrected chi connectivity index (χ1v) is 12.1. The number of fused-ring (bicyclic) bond motifs is 3. The van der Waals surface area contributed by atoms with Gasteiger partial charge < -0.3 is 18.9 Å². The zero-order valence-corrected chi connectivity index (χ0v) is 21.4. The van der Waals surface area contributed by atoms with Crippen molar-refractivity contribution in [3.05, 3.63) is 68.9 Å². The molecule has 0 saturated heterocycles. The summed E-state index contributed by atoms with van der Waals surface area (Å²) < 4.78 is 21.1. The average molecular weight is 505 g/mol. The van der Waals surface area contributed by atoms with Gasteiger partial charge in [0.05, 0.1) is 13.2 Å². The van der Waals surface area contributed by atoms with E-state index in [2.05, 4.69) is 0 Å². The van der Waals surface area contributed by atoms with E-state index in [1.54, 1.807) is 42.5 Å². The number of Topliss-reactive ketones (excluding diaryl/α,β-unsaturated/α-hetero) is 2. The molecule has 0 N–H and O–H groups in total. The summed E-state index contributed by atoms with van der Waals surface area (Å²) in [6, 6.07) is 11.7. The number of hydrogen-bond acceptors (Lipinski definition) is 8. The van der Waals surface area contributed by atoms with Crippen LogP contribution in [-0.2, 0) is 28.5 Å². The van der Waals surface area contributed by atoms with Crippen LogP contribution in [0.3, 0.4) is 0 Å². The summed E-state index contributed by atoms with van der Waals surface area (Å²) in [5.41, 5.74) is 0.911. The van der Waals surface area contributed by atoms with E-state index < -0.39 is 23.9 Å². The van der Waals surface area contributed by atoms with Crippen LogP contribution in [0.5, 0.6) is 0 Å². The molecule has 0 aromatic heterocycles. The van der Waals surface area contributed by atoms with Gasteiger partial charge in [-0.05, 0) is 35.3 Å². The van der Waals surface area contributed by atoms with E-state index >= 15 is 0 Å². The van der Waals surface area contributed by atoms with Gasteiger partial charge in [-0.1, -0.05) is 69.7 Å². The zero-order chi connectivity index (χ0) is 26.9. The first-order valence-electron chi connectivity index (χ1n) is 12.1. The molecule has 2 aromatic rings. The van der Waals surface area contributed by atoms with Crippen LogP contribution in [-0.4, -0.2) is 37.1 Å². The third-order valence-electron chi connectivity index (χ3n) is 5.69. The van der Waals surface area contributed by atoms with Gasteiger partial charge in [-0.15, -0.1) is 0 Å². The summed E-state index contributed by atoms with van der Waals surface area (Å²) in [6.45, 7) is 9.56. The average Bonchev–Trinajstić information content (AvgIpc) is 2.85. The molecule has 2 aliphatic carbocycles. The van der Waals surface area contributed by atoms with Crippen LogP contribution in [0.1, 0.15) is 33.3 Å². The standard InChI is InChI=1S/C29H28O8/c1-15(2)13-34-28(32)36-26-20-9-7-6-8-18(20)22-23(24(26)30)19-11-10-17(5)12-21(19)27(25(22)31)37-29(33)35-14-16(3)4/h6-12,15-16H,13-14H2,1-5H3. The highest BCUT2D eigenvalue weighted by molar-refractivity contribution is 6.58. The van der Waals surface area contributed by atoms with E-state index in [0.29, 0.717) is 10.4 Å². The second-order valence-corrected chi connectivity index (χ2v) is 9.77. The predicted octanol–water partition coefficient (Wildman–Crippen LogP) is 2.00. The van der Waals surface area contributed by atoms with Crippen LogP contribution in [0.2, 0.25) is 0 Å². The first-order chi connectivity index (χ1) is 17.6. The number of carbonyl (C=O) groups excluding carboxylic acids is 4. The van der Waals surface area contributed by atoms with E-state index in [-0.39, 0.29) is 58.2 Å². The van der Waals surface area contributed by atoms with Gasteiger partial charge in [0.15, 0.2) is 11.5 Å². The lowest BCUT2D eigenvalue weighted by molar-refractivity contribution is -0.112. The SMILES string of the molecule is Cc1ccc2c(c1)=C(OC(=O)OCC(C)C)C(=O)C1=c3ccccc3=C(OC(=O)OCC(C)C)C(=O)C=21. The molecule has 8 nitrogen and oxygen atoms in total. The van der Waals surface area contributed by atoms with E-state index in [4.69, 9.17) is 18.9 Å². The highest BCUT2D eigenvalue weighted by Crippen LogP contribution is 2.26. The van der Waals surface area contributed by atoms with Crippen molar-refractivity contribution in [2.75, 3.05) is 13.2 Å². The maximum absolute atomic E-state index is 13.8. The topological polar surface area (TPSA) is 105 Å². The smallest absolute Gasteiger partial charge is 0.434 e. The second kappa shape index (κ2) is 10.4. The molecule has 192 valence electrons. The summed E-state index contributed by atoms with van der Waals surface area (Å²) in [5, 5.41) is 1.29. The monoisotopic (exact) mass is 504 g/mol. The fourth-order valence-corrected chi connectivity index (χ4v) is 4.07. The Morgan fingerprint density at radius 3 is 1.65 bits per heavy atom. The Morgan fingerprint density at radius 2 is 1.14 bits per heavy atom. The molecule has 0 atom stereocenters.